The largest absolute Gasteiger partial charge is 0.324 e. The third kappa shape index (κ3) is 2.25. The van der Waals surface area contributed by atoms with Gasteiger partial charge in [0.25, 0.3) is 0 Å². The minimum atomic E-state index is 0.150. The van der Waals surface area contributed by atoms with Crippen molar-refractivity contribution in [3.8, 4) is 0 Å². The van der Waals surface area contributed by atoms with E-state index >= 15 is 0 Å². The number of urea groups is 1. The zero-order chi connectivity index (χ0) is 13.6. The molecular weight excluding hydrogens is 306 g/mol. The Morgan fingerprint density at radius 1 is 1.21 bits per heavy atom. The number of carbonyl (C=O) groups excluding carboxylic acids is 1. The molecule has 2 fully saturated rings. The third-order valence-electron chi connectivity index (χ3n) is 4.13. The van der Waals surface area contributed by atoms with Crippen molar-refractivity contribution in [2.75, 3.05) is 32.1 Å². The van der Waals surface area contributed by atoms with Gasteiger partial charge in [0, 0.05) is 29.3 Å². The summed E-state index contributed by atoms with van der Waals surface area (Å²) >= 11 is 3.42. The maximum atomic E-state index is 12.5. The van der Waals surface area contributed by atoms with E-state index in [4.69, 9.17) is 0 Å². The highest BCUT2D eigenvalue weighted by atomic mass is 79.9. The van der Waals surface area contributed by atoms with Crippen LogP contribution in [0.1, 0.15) is 6.42 Å². The molecule has 2 atom stereocenters. The summed E-state index contributed by atoms with van der Waals surface area (Å²) in [4.78, 5) is 18.6. The molecule has 2 heterocycles. The number of halogens is 1. The van der Waals surface area contributed by atoms with Crippen LogP contribution < -0.4 is 4.90 Å². The number of anilines is 1. The van der Waals surface area contributed by atoms with Gasteiger partial charge in [-0.2, -0.15) is 0 Å². The number of hydrogen-bond acceptors (Lipinski definition) is 2. The topological polar surface area (TPSA) is 26.8 Å². The van der Waals surface area contributed by atoms with E-state index in [2.05, 4.69) is 34.9 Å². The molecule has 0 spiro atoms. The smallest absolute Gasteiger partial charge is 0.318 e. The molecule has 4 nitrogen and oxygen atoms in total. The number of rotatable bonds is 2. The zero-order valence-corrected chi connectivity index (χ0v) is 12.8. The third-order valence-corrected chi connectivity index (χ3v) is 4.66. The fourth-order valence-corrected chi connectivity index (χ4v) is 3.22. The summed E-state index contributed by atoms with van der Waals surface area (Å²) in [5, 5.41) is 0. The zero-order valence-electron chi connectivity index (χ0n) is 11.2. The van der Waals surface area contributed by atoms with E-state index in [0.29, 0.717) is 12.1 Å². The van der Waals surface area contributed by atoms with Gasteiger partial charge in [-0.05, 0) is 44.8 Å². The van der Waals surface area contributed by atoms with E-state index in [1.54, 1.807) is 0 Å². The molecule has 3 rings (SSSR count). The summed E-state index contributed by atoms with van der Waals surface area (Å²) in [6, 6.07) is 8.96. The van der Waals surface area contributed by atoms with Gasteiger partial charge in [0.15, 0.2) is 0 Å². The van der Waals surface area contributed by atoms with Gasteiger partial charge in [0.1, 0.15) is 0 Å². The minimum absolute atomic E-state index is 0.150. The second kappa shape index (κ2) is 4.80. The molecule has 5 heteroatoms. The standard InChI is InChI=1S/C14H18BrN3O/c1-16(2)12-7-13-9-17(14(19)18(13)8-12)11-5-3-10(15)4-6-11/h3-6,12-13H,7-9H2,1-2H3/t12-,13+/m0/s1. The Labute approximate surface area is 122 Å². The molecule has 1 aromatic rings. The van der Waals surface area contributed by atoms with Crippen LogP contribution in [0.4, 0.5) is 10.5 Å². The average Bonchev–Trinajstić information content (AvgIpc) is 2.91. The number of amides is 2. The van der Waals surface area contributed by atoms with Gasteiger partial charge in [-0.1, -0.05) is 15.9 Å². The first-order valence-electron chi connectivity index (χ1n) is 6.56. The highest BCUT2D eigenvalue weighted by molar-refractivity contribution is 9.10. The van der Waals surface area contributed by atoms with Crippen LogP contribution in [0.3, 0.4) is 0 Å². The Balaban J connectivity index is 1.76. The van der Waals surface area contributed by atoms with Crippen LogP contribution in [-0.2, 0) is 0 Å². The highest BCUT2D eigenvalue weighted by Crippen LogP contribution is 2.31. The first-order valence-corrected chi connectivity index (χ1v) is 7.35. The molecule has 0 aliphatic carbocycles. The summed E-state index contributed by atoms with van der Waals surface area (Å²) in [5.41, 5.74) is 0.990. The second-order valence-electron chi connectivity index (χ2n) is 5.53. The highest BCUT2D eigenvalue weighted by Gasteiger charge is 2.44. The van der Waals surface area contributed by atoms with Gasteiger partial charge in [0.2, 0.25) is 0 Å². The van der Waals surface area contributed by atoms with Crippen molar-refractivity contribution in [3.63, 3.8) is 0 Å². The molecule has 2 saturated heterocycles. The monoisotopic (exact) mass is 323 g/mol. The van der Waals surface area contributed by atoms with Gasteiger partial charge in [-0.3, -0.25) is 4.90 Å². The molecule has 19 heavy (non-hydrogen) atoms. The maximum Gasteiger partial charge on any atom is 0.324 e. The Hall–Kier alpha value is -1.07. The van der Waals surface area contributed by atoms with E-state index in [1.165, 1.54) is 0 Å². The normalized spacial score (nSPS) is 26.4. The summed E-state index contributed by atoms with van der Waals surface area (Å²) in [6.07, 6.45) is 1.08. The molecule has 0 N–H and O–H groups in total. The molecule has 2 aliphatic heterocycles. The molecule has 0 saturated carbocycles. The molecule has 102 valence electrons. The molecule has 2 amide bonds. The number of likely N-dealkylation sites (N-methyl/N-ethyl adjacent to an activating group) is 1. The van der Waals surface area contributed by atoms with Gasteiger partial charge >= 0.3 is 6.03 Å². The minimum Gasteiger partial charge on any atom is -0.318 e. The first kappa shape index (κ1) is 12.9. The van der Waals surface area contributed by atoms with Gasteiger partial charge < -0.3 is 9.80 Å². The summed E-state index contributed by atoms with van der Waals surface area (Å²) in [6.45, 7) is 1.66. The van der Waals surface area contributed by atoms with E-state index in [1.807, 2.05) is 34.1 Å². The lowest BCUT2D eigenvalue weighted by Gasteiger charge is -2.22. The van der Waals surface area contributed by atoms with Crippen LogP contribution in [0.15, 0.2) is 28.7 Å². The molecule has 0 radical (unpaired) electrons. The number of fused-ring (bicyclic) bond motifs is 1. The molecular formula is C14H18BrN3O. The van der Waals surface area contributed by atoms with Crippen molar-refractivity contribution in [2.24, 2.45) is 0 Å². The van der Waals surface area contributed by atoms with E-state index in [9.17, 15) is 4.79 Å². The van der Waals surface area contributed by atoms with Crippen molar-refractivity contribution >= 4 is 27.6 Å². The number of nitrogens with zero attached hydrogens (tertiary/aromatic N) is 3. The summed E-state index contributed by atoms with van der Waals surface area (Å²) in [7, 11) is 4.17. The van der Waals surface area contributed by atoms with Crippen LogP contribution in [0.25, 0.3) is 0 Å². The predicted octanol–water partition coefficient (Wildman–Crippen LogP) is 2.39. The van der Waals surface area contributed by atoms with Crippen molar-refractivity contribution < 1.29 is 4.79 Å². The SMILES string of the molecule is CN(C)[C@H]1C[C@@H]2CN(c3ccc(Br)cc3)C(=O)N2C1. The fraction of sp³-hybridized carbons (Fsp3) is 0.500. The lowest BCUT2D eigenvalue weighted by atomic mass is 10.1. The molecule has 0 unspecified atom stereocenters. The second-order valence-corrected chi connectivity index (χ2v) is 6.44. The molecule has 0 aromatic heterocycles. The van der Waals surface area contributed by atoms with Crippen molar-refractivity contribution in [1.82, 2.24) is 9.80 Å². The average molecular weight is 324 g/mol. The fourth-order valence-electron chi connectivity index (χ4n) is 2.95. The van der Waals surface area contributed by atoms with Crippen LogP contribution in [-0.4, -0.2) is 55.1 Å². The quantitative estimate of drug-likeness (QED) is 0.835. The lowest BCUT2D eigenvalue weighted by molar-refractivity contribution is 0.214. The summed E-state index contributed by atoms with van der Waals surface area (Å²) in [5.74, 6) is 0. The predicted molar refractivity (Wildman–Crippen MR) is 79.5 cm³/mol. The van der Waals surface area contributed by atoms with Gasteiger partial charge in [-0.25, -0.2) is 4.79 Å². The van der Waals surface area contributed by atoms with E-state index < -0.39 is 0 Å². The lowest BCUT2D eigenvalue weighted by Crippen LogP contribution is -2.37. The Kier molecular flexibility index (Phi) is 3.27. The molecule has 1 aromatic carbocycles. The molecule has 0 bridgehead atoms. The van der Waals surface area contributed by atoms with Gasteiger partial charge in [-0.15, -0.1) is 0 Å². The van der Waals surface area contributed by atoms with E-state index in [-0.39, 0.29) is 6.03 Å². The maximum absolute atomic E-state index is 12.5. The van der Waals surface area contributed by atoms with Gasteiger partial charge in [0.05, 0.1) is 6.04 Å². The number of hydrogen-bond donors (Lipinski definition) is 0. The van der Waals surface area contributed by atoms with E-state index in [0.717, 1.165) is 29.7 Å². The Morgan fingerprint density at radius 2 is 1.89 bits per heavy atom. The Morgan fingerprint density at radius 3 is 2.47 bits per heavy atom. The van der Waals surface area contributed by atoms with Crippen molar-refractivity contribution in [3.05, 3.63) is 28.7 Å². The molecule has 2 aliphatic rings. The van der Waals surface area contributed by atoms with Crippen LogP contribution in [0, 0.1) is 0 Å². The number of benzene rings is 1. The van der Waals surface area contributed by atoms with Crippen molar-refractivity contribution in [2.45, 2.75) is 18.5 Å². The van der Waals surface area contributed by atoms with Crippen LogP contribution in [0.2, 0.25) is 0 Å². The first-order chi connectivity index (χ1) is 9.06. The number of carbonyl (C=O) groups is 1. The van der Waals surface area contributed by atoms with Crippen LogP contribution in [0.5, 0.6) is 0 Å². The van der Waals surface area contributed by atoms with Crippen LogP contribution >= 0.6 is 15.9 Å². The summed E-state index contributed by atoms with van der Waals surface area (Å²) < 4.78 is 1.04. The van der Waals surface area contributed by atoms with Crippen molar-refractivity contribution in [1.29, 1.82) is 0 Å². The Bertz CT molecular complexity index is 488.